The van der Waals surface area contributed by atoms with Gasteiger partial charge in [-0.2, -0.15) is 0 Å². The van der Waals surface area contributed by atoms with Gasteiger partial charge in [0.25, 0.3) is 0 Å². The van der Waals surface area contributed by atoms with Gasteiger partial charge in [0.1, 0.15) is 0 Å². The predicted octanol–water partition coefficient (Wildman–Crippen LogP) is 0.188. The van der Waals surface area contributed by atoms with Crippen LogP contribution < -0.4 is 0 Å². The zero-order valence-corrected chi connectivity index (χ0v) is 7.49. The van der Waals surface area contributed by atoms with Crippen molar-refractivity contribution in [3.63, 3.8) is 0 Å². The van der Waals surface area contributed by atoms with Gasteiger partial charge >= 0.3 is 0 Å². The van der Waals surface area contributed by atoms with Crippen LogP contribution in [-0.2, 0) is 4.79 Å². The van der Waals surface area contributed by atoms with Gasteiger partial charge in [-0.1, -0.05) is 0 Å². The second kappa shape index (κ2) is 2.73. The van der Waals surface area contributed by atoms with Crippen LogP contribution in [-0.4, -0.2) is 41.9 Å². The van der Waals surface area contributed by atoms with Crippen molar-refractivity contribution in [2.75, 3.05) is 26.2 Å². The van der Waals surface area contributed by atoms with Crippen LogP contribution in [0.3, 0.4) is 0 Å². The Morgan fingerprint density at radius 2 is 1.75 bits per heavy atom. The highest BCUT2D eigenvalue weighted by Crippen LogP contribution is 2.30. The molecule has 2 fully saturated rings. The summed E-state index contributed by atoms with van der Waals surface area (Å²) in [7, 11) is 3.92. The van der Waals surface area contributed by atoms with E-state index in [2.05, 4.69) is 11.9 Å². The Kier molecular flexibility index (Phi) is 1.83. The minimum absolute atomic E-state index is 0.222. The van der Waals surface area contributed by atoms with Gasteiger partial charge in [-0.3, -0.25) is 11.8 Å². The topological polar surface area (TPSA) is 23.6 Å². The van der Waals surface area contributed by atoms with E-state index in [1.165, 1.54) is 0 Å². The van der Waals surface area contributed by atoms with Gasteiger partial charge in [0.05, 0.1) is 0 Å². The molecule has 0 aliphatic carbocycles. The minimum Gasteiger partial charge on any atom is -0.459 e. The Morgan fingerprint density at radius 3 is 2.17 bits per heavy atom. The van der Waals surface area contributed by atoms with Crippen molar-refractivity contribution in [1.29, 1.82) is 0 Å². The van der Waals surface area contributed by atoms with Gasteiger partial charge < -0.3 is 9.80 Å². The van der Waals surface area contributed by atoms with Crippen molar-refractivity contribution in [3.8, 4) is 0 Å². The highest BCUT2D eigenvalue weighted by Gasteiger charge is 2.37. The fraction of sp³-hybridized carbons (Fsp3) is 0.778. The Hall–Kier alpha value is -0.570. The lowest BCUT2D eigenvalue weighted by Gasteiger charge is -2.21. The van der Waals surface area contributed by atoms with E-state index in [9.17, 15) is 4.79 Å². The van der Waals surface area contributed by atoms with Crippen molar-refractivity contribution in [1.82, 2.24) is 9.80 Å². The molecule has 68 valence electrons. The maximum Gasteiger partial charge on any atom is 0.219 e. The molecule has 2 atom stereocenters. The van der Waals surface area contributed by atoms with Gasteiger partial charge in [-0.05, 0) is 24.9 Å². The first-order valence-electron chi connectivity index (χ1n) is 4.48. The summed E-state index contributed by atoms with van der Waals surface area (Å²) >= 11 is 0. The van der Waals surface area contributed by atoms with Gasteiger partial charge in [-0.25, -0.2) is 0 Å². The van der Waals surface area contributed by atoms with Gasteiger partial charge in [0, 0.05) is 20.0 Å². The van der Waals surface area contributed by atoms with E-state index in [1.807, 2.05) is 4.90 Å². The molecule has 2 rings (SSSR count). The summed E-state index contributed by atoms with van der Waals surface area (Å²) in [4.78, 5) is 15.1. The zero-order chi connectivity index (χ0) is 8.72. The molecular formula is C9H15N2O-. The maximum absolute atomic E-state index is 11.1. The average molecular weight is 167 g/mol. The average Bonchev–Trinajstić information content (AvgIpc) is 2.42. The number of nitrogens with zero attached hydrogens (tertiary/aromatic N) is 2. The summed E-state index contributed by atoms with van der Waals surface area (Å²) < 4.78 is 0. The lowest BCUT2D eigenvalue weighted by Crippen LogP contribution is -2.29. The van der Waals surface area contributed by atoms with Crippen LogP contribution in [0.2, 0.25) is 0 Å². The zero-order valence-electron chi connectivity index (χ0n) is 7.49. The molecule has 2 aliphatic rings. The summed E-state index contributed by atoms with van der Waals surface area (Å²) in [6.07, 6.45) is 0. The molecule has 3 heteroatoms. The highest BCUT2D eigenvalue weighted by atomic mass is 16.2. The Balaban J connectivity index is 1.98. The van der Waals surface area contributed by atoms with E-state index in [-0.39, 0.29) is 5.91 Å². The molecule has 3 nitrogen and oxygen atoms in total. The summed E-state index contributed by atoms with van der Waals surface area (Å²) in [6.45, 7) is 5.68. The SMILES string of the molecule is [CH2-]N1C[C@@H]2CN(C(C)=O)C[C@@H]2C1. The lowest BCUT2D eigenvalue weighted by atomic mass is 10.0. The molecule has 0 N–H and O–H groups in total. The molecule has 0 aromatic rings. The summed E-state index contributed by atoms with van der Waals surface area (Å²) in [5.41, 5.74) is 0. The normalized spacial score (nSPS) is 35.7. The molecule has 0 aromatic carbocycles. The molecule has 0 spiro atoms. The van der Waals surface area contributed by atoms with E-state index in [1.54, 1.807) is 6.92 Å². The summed E-state index contributed by atoms with van der Waals surface area (Å²) in [5, 5.41) is 0. The fourth-order valence-electron chi connectivity index (χ4n) is 2.35. The number of fused-ring (bicyclic) bond motifs is 1. The van der Waals surface area contributed by atoms with E-state index in [0.29, 0.717) is 11.8 Å². The second-order valence-corrected chi connectivity index (χ2v) is 3.98. The van der Waals surface area contributed by atoms with E-state index in [0.717, 1.165) is 26.2 Å². The van der Waals surface area contributed by atoms with Gasteiger partial charge in [0.15, 0.2) is 0 Å². The molecule has 0 unspecified atom stereocenters. The number of hydrogen-bond acceptors (Lipinski definition) is 2. The first-order valence-corrected chi connectivity index (χ1v) is 4.48. The second-order valence-electron chi connectivity index (χ2n) is 3.98. The van der Waals surface area contributed by atoms with Gasteiger partial charge in [-0.15, -0.1) is 0 Å². The molecule has 2 aliphatic heterocycles. The number of hydrogen-bond donors (Lipinski definition) is 0. The summed E-state index contributed by atoms with van der Waals surface area (Å²) in [5.74, 6) is 1.60. The summed E-state index contributed by atoms with van der Waals surface area (Å²) in [6, 6.07) is 0. The van der Waals surface area contributed by atoms with Crippen LogP contribution in [0.15, 0.2) is 0 Å². The standard InChI is InChI=1S/C9H15N2O/c1-7(12)11-5-8-3-10(2)4-9(8)6-11/h8-9H,2-6H2,1H3/q-1/t8-,9+. The van der Waals surface area contributed by atoms with Crippen molar-refractivity contribution >= 4 is 5.91 Å². The van der Waals surface area contributed by atoms with E-state index >= 15 is 0 Å². The molecule has 0 aromatic heterocycles. The molecule has 0 radical (unpaired) electrons. The third kappa shape index (κ3) is 1.22. The number of likely N-dealkylation sites (tertiary alicyclic amines) is 2. The largest absolute Gasteiger partial charge is 0.459 e. The molecule has 2 heterocycles. The third-order valence-corrected chi connectivity index (χ3v) is 3.01. The smallest absolute Gasteiger partial charge is 0.219 e. The van der Waals surface area contributed by atoms with Crippen LogP contribution in [0.1, 0.15) is 6.92 Å². The third-order valence-electron chi connectivity index (χ3n) is 3.01. The first-order chi connectivity index (χ1) is 5.66. The Labute approximate surface area is 73.3 Å². The van der Waals surface area contributed by atoms with Crippen LogP contribution in [0.5, 0.6) is 0 Å². The quantitative estimate of drug-likeness (QED) is 0.481. The molecule has 2 saturated heterocycles. The minimum atomic E-state index is 0.222. The van der Waals surface area contributed by atoms with Crippen LogP contribution in [0.25, 0.3) is 0 Å². The van der Waals surface area contributed by atoms with Crippen LogP contribution in [0.4, 0.5) is 0 Å². The fourth-order valence-corrected chi connectivity index (χ4v) is 2.35. The first kappa shape index (κ1) is 8.05. The number of carbonyl (C=O) groups is 1. The Bertz CT molecular complexity index is 191. The molecule has 12 heavy (non-hydrogen) atoms. The van der Waals surface area contributed by atoms with Crippen molar-refractivity contribution in [2.24, 2.45) is 11.8 Å². The molecule has 0 bridgehead atoms. The maximum atomic E-state index is 11.1. The number of carbonyl (C=O) groups excluding carboxylic acids is 1. The monoisotopic (exact) mass is 167 g/mol. The molecular weight excluding hydrogens is 152 g/mol. The number of amides is 1. The van der Waals surface area contributed by atoms with Crippen LogP contribution >= 0.6 is 0 Å². The molecule has 0 saturated carbocycles. The van der Waals surface area contributed by atoms with Crippen molar-refractivity contribution in [3.05, 3.63) is 7.05 Å². The van der Waals surface area contributed by atoms with Crippen molar-refractivity contribution in [2.45, 2.75) is 6.92 Å². The predicted molar refractivity (Wildman–Crippen MR) is 46.2 cm³/mol. The lowest BCUT2D eigenvalue weighted by molar-refractivity contribution is -0.128. The van der Waals surface area contributed by atoms with E-state index < -0.39 is 0 Å². The molecule has 1 amide bonds. The highest BCUT2D eigenvalue weighted by molar-refractivity contribution is 5.73. The Morgan fingerprint density at radius 1 is 1.25 bits per heavy atom. The van der Waals surface area contributed by atoms with Gasteiger partial charge in [0.2, 0.25) is 5.91 Å². The van der Waals surface area contributed by atoms with Crippen molar-refractivity contribution < 1.29 is 4.79 Å². The number of rotatable bonds is 0. The van der Waals surface area contributed by atoms with E-state index in [4.69, 9.17) is 0 Å². The van der Waals surface area contributed by atoms with Crippen LogP contribution in [0, 0.1) is 18.9 Å².